The summed E-state index contributed by atoms with van der Waals surface area (Å²) in [4.78, 5) is 11.4. The molecule has 0 fully saturated rings. The Morgan fingerprint density at radius 3 is 2.67 bits per heavy atom. The monoisotopic (exact) mass is 222 g/mol. The summed E-state index contributed by atoms with van der Waals surface area (Å²) < 4.78 is 4.94. The SMILES string of the molecule is CC(=Cc1ccccc1)C(=O)OCCS. The minimum Gasteiger partial charge on any atom is -0.461 e. The van der Waals surface area contributed by atoms with E-state index in [1.165, 1.54) is 0 Å². The lowest BCUT2D eigenvalue weighted by Crippen LogP contribution is -2.07. The molecule has 0 radical (unpaired) electrons. The van der Waals surface area contributed by atoms with Crippen LogP contribution in [0.3, 0.4) is 0 Å². The molecule has 0 saturated heterocycles. The Kier molecular flexibility index (Phi) is 4.98. The van der Waals surface area contributed by atoms with E-state index in [1.54, 1.807) is 13.0 Å². The summed E-state index contributed by atoms with van der Waals surface area (Å²) in [5, 5.41) is 0. The first-order chi connectivity index (χ1) is 7.24. The number of thiol groups is 1. The number of esters is 1. The Hall–Kier alpha value is -1.22. The second-order valence-corrected chi connectivity index (χ2v) is 3.54. The van der Waals surface area contributed by atoms with Crippen LogP contribution in [0.15, 0.2) is 35.9 Å². The first-order valence-corrected chi connectivity index (χ1v) is 5.38. The molecule has 0 spiro atoms. The van der Waals surface area contributed by atoms with Gasteiger partial charge in [0, 0.05) is 11.3 Å². The maximum atomic E-state index is 11.4. The van der Waals surface area contributed by atoms with Crippen LogP contribution in [0.1, 0.15) is 12.5 Å². The Morgan fingerprint density at radius 2 is 2.07 bits per heavy atom. The number of rotatable bonds is 4. The van der Waals surface area contributed by atoms with Crippen molar-refractivity contribution in [3.63, 3.8) is 0 Å². The molecule has 0 aliphatic heterocycles. The van der Waals surface area contributed by atoms with Crippen molar-refractivity contribution < 1.29 is 9.53 Å². The average Bonchev–Trinajstić information content (AvgIpc) is 2.27. The molecular formula is C12H14O2S. The molecule has 0 saturated carbocycles. The predicted molar refractivity (Wildman–Crippen MR) is 64.9 cm³/mol. The van der Waals surface area contributed by atoms with Crippen LogP contribution in [0.5, 0.6) is 0 Å². The van der Waals surface area contributed by atoms with E-state index in [2.05, 4.69) is 12.6 Å². The van der Waals surface area contributed by atoms with Crippen molar-refractivity contribution in [3.8, 4) is 0 Å². The molecule has 1 aromatic rings. The summed E-state index contributed by atoms with van der Waals surface area (Å²) in [6.45, 7) is 2.09. The molecule has 0 atom stereocenters. The molecule has 0 aliphatic carbocycles. The zero-order valence-electron chi connectivity index (χ0n) is 8.64. The van der Waals surface area contributed by atoms with Gasteiger partial charge in [0.05, 0.1) is 0 Å². The number of carbonyl (C=O) groups excluding carboxylic acids is 1. The molecule has 15 heavy (non-hydrogen) atoms. The summed E-state index contributed by atoms with van der Waals surface area (Å²) in [5.41, 5.74) is 1.60. The van der Waals surface area contributed by atoms with E-state index in [-0.39, 0.29) is 5.97 Å². The Morgan fingerprint density at radius 1 is 1.40 bits per heavy atom. The highest BCUT2D eigenvalue weighted by Crippen LogP contribution is 2.07. The first kappa shape index (κ1) is 11.9. The Balaban J connectivity index is 2.63. The van der Waals surface area contributed by atoms with Gasteiger partial charge in [-0.15, -0.1) is 0 Å². The molecule has 1 aromatic carbocycles. The molecule has 1 rings (SSSR count). The number of hydrogen-bond donors (Lipinski definition) is 1. The second kappa shape index (κ2) is 6.30. The maximum absolute atomic E-state index is 11.4. The number of ether oxygens (including phenoxy) is 1. The third kappa shape index (κ3) is 4.21. The highest BCUT2D eigenvalue weighted by molar-refractivity contribution is 7.80. The van der Waals surface area contributed by atoms with Gasteiger partial charge in [0.2, 0.25) is 0 Å². The normalized spacial score (nSPS) is 11.2. The van der Waals surface area contributed by atoms with E-state index in [4.69, 9.17) is 4.74 Å². The van der Waals surface area contributed by atoms with Gasteiger partial charge in [-0.05, 0) is 18.6 Å². The smallest absolute Gasteiger partial charge is 0.333 e. The molecular weight excluding hydrogens is 208 g/mol. The van der Waals surface area contributed by atoms with Crippen molar-refractivity contribution >= 4 is 24.7 Å². The van der Waals surface area contributed by atoms with Crippen molar-refractivity contribution in [3.05, 3.63) is 41.5 Å². The molecule has 2 nitrogen and oxygen atoms in total. The molecule has 0 N–H and O–H groups in total. The van der Waals surface area contributed by atoms with Crippen LogP contribution < -0.4 is 0 Å². The van der Waals surface area contributed by atoms with Crippen molar-refractivity contribution in [2.75, 3.05) is 12.4 Å². The van der Waals surface area contributed by atoms with Gasteiger partial charge in [-0.25, -0.2) is 4.79 Å². The van der Waals surface area contributed by atoms with Crippen molar-refractivity contribution in [2.45, 2.75) is 6.92 Å². The number of carbonyl (C=O) groups is 1. The highest BCUT2D eigenvalue weighted by Gasteiger charge is 2.04. The standard InChI is InChI=1S/C12H14O2S/c1-10(12(13)14-7-8-15)9-11-5-3-2-4-6-11/h2-6,9,15H,7-8H2,1H3. The van der Waals surface area contributed by atoms with E-state index in [9.17, 15) is 4.79 Å². The maximum Gasteiger partial charge on any atom is 0.333 e. The van der Waals surface area contributed by atoms with Crippen LogP contribution in [-0.4, -0.2) is 18.3 Å². The van der Waals surface area contributed by atoms with Crippen LogP contribution in [-0.2, 0) is 9.53 Å². The largest absolute Gasteiger partial charge is 0.461 e. The van der Waals surface area contributed by atoms with Crippen LogP contribution in [0.4, 0.5) is 0 Å². The van der Waals surface area contributed by atoms with Crippen LogP contribution in [0.2, 0.25) is 0 Å². The van der Waals surface area contributed by atoms with E-state index in [0.717, 1.165) is 5.56 Å². The molecule has 3 heteroatoms. The lowest BCUT2D eigenvalue weighted by Gasteiger charge is -2.02. The van der Waals surface area contributed by atoms with Crippen molar-refractivity contribution in [1.82, 2.24) is 0 Å². The van der Waals surface area contributed by atoms with Gasteiger partial charge in [-0.3, -0.25) is 0 Å². The third-order valence-corrected chi connectivity index (χ3v) is 2.01. The van der Waals surface area contributed by atoms with Crippen LogP contribution in [0, 0.1) is 0 Å². The molecule has 0 heterocycles. The zero-order valence-corrected chi connectivity index (χ0v) is 9.54. The summed E-state index contributed by atoms with van der Waals surface area (Å²) in [6.07, 6.45) is 1.81. The summed E-state index contributed by atoms with van der Waals surface area (Å²) in [5.74, 6) is 0.262. The third-order valence-electron chi connectivity index (χ3n) is 1.83. The number of benzene rings is 1. The zero-order chi connectivity index (χ0) is 11.1. The number of hydrogen-bond acceptors (Lipinski definition) is 3. The molecule has 0 bridgehead atoms. The van der Waals surface area contributed by atoms with Gasteiger partial charge >= 0.3 is 5.97 Å². The molecule has 0 aromatic heterocycles. The highest BCUT2D eigenvalue weighted by atomic mass is 32.1. The van der Waals surface area contributed by atoms with Gasteiger partial charge in [-0.2, -0.15) is 12.6 Å². The van der Waals surface area contributed by atoms with Gasteiger partial charge in [0.15, 0.2) is 0 Å². The minimum absolute atomic E-state index is 0.284. The summed E-state index contributed by atoms with van der Waals surface area (Å²) >= 11 is 3.97. The fourth-order valence-corrected chi connectivity index (χ4v) is 1.20. The average molecular weight is 222 g/mol. The van der Waals surface area contributed by atoms with E-state index >= 15 is 0 Å². The fourth-order valence-electron chi connectivity index (χ4n) is 1.11. The van der Waals surface area contributed by atoms with E-state index < -0.39 is 0 Å². The van der Waals surface area contributed by atoms with Crippen molar-refractivity contribution in [1.29, 1.82) is 0 Å². The van der Waals surface area contributed by atoms with Gasteiger partial charge in [-0.1, -0.05) is 30.3 Å². The van der Waals surface area contributed by atoms with Gasteiger partial charge in [0.1, 0.15) is 6.61 Å². The molecule has 0 amide bonds. The summed E-state index contributed by atoms with van der Waals surface area (Å²) in [7, 11) is 0. The Bertz CT molecular complexity index is 344. The second-order valence-electron chi connectivity index (χ2n) is 3.10. The van der Waals surface area contributed by atoms with Crippen LogP contribution >= 0.6 is 12.6 Å². The van der Waals surface area contributed by atoms with Gasteiger partial charge < -0.3 is 4.74 Å². The quantitative estimate of drug-likeness (QED) is 0.481. The fraction of sp³-hybridized carbons (Fsp3) is 0.250. The predicted octanol–water partition coefficient (Wildman–Crippen LogP) is 2.56. The molecule has 0 unspecified atom stereocenters. The first-order valence-electron chi connectivity index (χ1n) is 4.75. The van der Waals surface area contributed by atoms with Crippen molar-refractivity contribution in [2.24, 2.45) is 0 Å². The topological polar surface area (TPSA) is 26.3 Å². The minimum atomic E-state index is -0.284. The van der Waals surface area contributed by atoms with Crippen LogP contribution in [0.25, 0.3) is 6.08 Å². The lowest BCUT2D eigenvalue weighted by molar-refractivity contribution is -0.138. The summed E-state index contributed by atoms with van der Waals surface area (Å²) in [6, 6.07) is 9.67. The molecule has 0 aliphatic rings. The van der Waals surface area contributed by atoms with E-state index in [1.807, 2.05) is 30.3 Å². The molecule has 80 valence electrons. The Labute approximate surface area is 95.4 Å². The van der Waals surface area contributed by atoms with E-state index in [0.29, 0.717) is 17.9 Å². The van der Waals surface area contributed by atoms with Gasteiger partial charge in [0.25, 0.3) is 0 Å². The lowest BCUT2D eigenvalue weighted by atomic mass is 10.1.